The van der Waals surface area contributed by atoms with Gasteiger partial charge in [0.25, 0.3) is 0 Å². The van der Waals surface area contributed by atoms with Crippen molar-refractivity contribution in [3.63, 3.8) is 0 Å². The highest BCUT2D eigenvalue weighted by Gasteiger charge is 2.38. The lowest BCUT2D eigenvalue weighted by molar-refractivity contribution is -0.0631. The first-order valence-corrected chi connectivity index (χ1v) is 9.73. The zero-order valence-corrected chi connectivity index (χ0v) is 16.2. The Morgan fingerprint density at radius 3 is 1.41 bits per heavy atom. The quantitative estimate of drug-likeness (QED) is 0.448. The molecule has 0 amide bonds. The second-order valence-corrected chi connectivity index (χ2v) is 6.58. The summed E-state index contributed by atoms with van der Waals surface area (Å²) in [6.07, 6.45) is 0.993. The van der Waals surface area contributed by atoms with Gasteiger partial charge in [-0.25, -0.2) is 0 Å². The summed E-state index contributed by atoms with van der Waals surface area (Å²) in [6, 6.07) is 31.4. The molecule has 2 nitrogen and oxygen atoms in total. The number of hydrogen-bond donors (Lipinski definition) is 0. The molecule has 27 heavy (non-hydrogen) atoms. The second-order valence-electron chi connectivity index (χ2n) is 6.58. The van der Waals surface area contributed by atoms with E-state index in [2.05, 4.69) is 79.7 Å². The molecule has 3 rings (SSSR count). The Balaban J connectivity index is 2.14. The van der Waals surface area contributed by atoms with E-state index in [1.54, 1.807) is 0 Å². The second kappa shape index (κ2) is 9.50. The zero-order valence-electron chi connectivity index (χ0n) is 16.2. The molecule has 0 fully saturated rings. The summed E-state index contributed by atoms with van der Waals surface area (Å²) in [7, 11) is 0. The highest BCUT2D eigenvalue weighted by atomic mass is 16.5. The first kappa shape index (κ1) is 19.3. The average Bonchev–Trinajstić information content (AvgIpc) is 2.75. The van der Waals surface area contributed by atoms with Crippen molar-refractivity contribution < 1.29 is 9.47 Å². The summed E-state index contributed by atoms with van der Waals surface area (Å²) in [6.45, 7) is 5.39. The van der Waals surface area contributed by atoms with Gasteiger partial charge in [0.2, 0.25) is 0 Å². The number of rotatable bonds is 9. The van der Waals surface area contributed by atoms with E-state index < -0.39 is 5.60 Å². The van der Waals surface area contributed by atoms with Gasteiger partial charge in [0, 0.05) is 6.61 Å². The number of benzene rings is 3. The van der Waals surface area contributed by atoms with Gasteiger partial charge in [0.05, 0.1) is 12.7 Å². The smallest absolute Gasteiger partial charge is 0.143 e. The van der Waals surface area contributed by atoms with Crippen molar-refractivity contribution in [3.8, 4) is 0 Å². The Kier molecular flexibility index (Phi) is 6.80. The third-order valence-electron chi connectivity index (χ3n) is 4.88. The van der Waals surface area contributed by atoms with E-state index in [-0.39, 0.29) is 6.10 Å². The van der Waals surface area contributed by atoms with Crippen LogP contribution in [0, 0.1) is 0 Å². The largest absolute Gasteiger partial charge is 0.376 e. The highest BCUT2D eigenvalue weighted by Crippen LogP contribution is 2.40. The van der Waals surface area contributed by atoms with Crippen LogP contribution in [0.2, 0.25) is 0 Å². The molecule has 0 saturated carbocycles. The van der Waals surface area contributed by atoms with Crippen LogP contribution >= 0.6 is 0 Å². The molecule has 1 atom stereocenters. The first-order chi connectivity index (χ1) is 13.3. The molecule has 0 radical (unpaired) electrons. The maximum absolute atomic E-state index is 6.77. The van der Waals surface area contributed by atoms with Crippen molar-refractivity contribution in [1.29, 1.82) is 0 Å². The molecule has 3 aromatic carbocycles. The van der Waals surface area contributed by atoms with Crippen molar-refractivity contribution in [2.75, 3.05) is 13.2 Å². The molecule has 0 bridgehead atoms. The predicted octanol–water partition coefficient (Wildman–Crippen LogP) is 5.81. The molecular formula is C25H28O2. The summed E-state index contributed by atoms with van der Waals surface area (Å²) in [5.74, 6) is 0. The zero-order chi connectivity index (χ0) is 19.0. The lowest BCUT2D eigenvalue weighted by Gasteiger charge is -2.37. The fourth-order valence-electron chi connectivity index (χ4n) is 3.51. The minimum atomic E-state index is -0.672. The molecule has 0 aliphatic rings. The molecule has 0 aromatic heterocycles. The molecule has 1 unspecified atom stereocenters. The van der Waals surface area contributed by atoms with Crippen LogP contribution in [0.1, 0.15) is 37.0 Å². The highest BCUT2D eigenvalue weighted by molar-refractivity contribution is 5.47. The molecule has 0 aliphatic heterocycles. The van der Waals surface area contributed by atoms with Gasteiger partial charge in [-0.1, -0.05) is 97.9 Å². The fraction of sp³-hybridized carbons (Fsp3) is 0.280. The van der Waals surface area contributed by atoms with Crippen LogP contribution in [0.3, 0.4) is 0 Å². The van der Waals surface area contributed by atoms with Crippen molar-refractivity contribution in [2.45, 2.75) is 32.0 Å². The number of ether oxygens (including phenoxy) is 2. The van der Waals surface area contributed by atoms with E-state index in [9.17, 15) is 0 Å². The summed E-state index contributed by atoms with van der Waals surface area (Å²) in [4.78, 5) is 0. The summed E-state index contributed by atoms with van der Waals surface area (Å²) < 4.78 is 12.6. The average molecular weight is 360 g/mol. The first-order valence-electron chi connectivity index (χ1n) is 9.73. The van der Waals surface area contributed by atoms with Crippen LogP contribution in [0.4, 0.5) is 0 Å². The summed E-state index contributed by atoms with van der Waals surface area (Å²) >= 11 is 0. The van der Waals surface area contributed by atoms with Crippen LogP contribution < -0.4 is 0 Å². The van der Waals surface area contributed by atoms with E-state index in [1.165, 1.54) is 0 Å². The van der Waals surface area contributed by atoms with E-state index >= 15 is 0 Å². The molecule has 0 N–H and O–H groups in total. The standard InChI is InChI=1S/C25H28O2/c1-3-24(26-4-2)20-27-25(21-14-8-5-9-15-21,22-16-10-6-11-17-22)23-18-12-7-13-19-23/h5-19,24H,3-4,20H2,1-2H3. The van der Waals surface area contributed by atoms with Gasteiger partial charge in [-0.05, 0) is 30.0 Å². The van der Waals surface area contributed by atoms with Crippen molar-refractivity contribution >= 4 is 0 Å². The minimum absolute atomic E-state index is 0.0745. The number of hydrogen-bond acceptors (Lipinski definition) is 2. The molecule has 0 saturated heterocycles. The predicted molar refractivity (Wildman–Crippen MR) is 111 cm³/mol. The third-order valence-corrected chi connectivity index (χ3v) is 4.88. The van der Waals surface area contributed by atoms with Gasteiger partial charge in [-0.15, -0.1) is 0 Å². The Hall–Kier alpha value is -2.42. The van der Waals surface area contributed by atoms with Crippen LogP contribution in [0.15, 0.2) is 91.0 Å². The lowest BCUT2D eigenvalue weighted by atomic mass is 9.80. The van der Waals surface area contributed by atoms with E-state index in [4.69, 9.17) is 9.47 Å². The normalized spacial score (nSPS) is 12.7. The van der Waals surface area contributed by atoms with Gasteiger partial charge in [0.1, 0.15) is 5.60 Å². The molecule has 140 valence electrons. The Bertz CT molecular complexity index is 688. The summed E-state index contributed by atoms with van der Waals surface area (Å²) in [5.41, 5.74) is 2.69. The molecule has 0 heterocycles. The monoisotopic (exact) mass is 360 g/mol. The SMILES string of the molecule is CCOC(CC)COC(c1ccccc1)(c1ccccc1)c1ccccc1. The molecular weight excluding hydrogens is 332 g/mol. The van der Waals surface area contributed by atoms with Crippen molar-refractivity contribution in [3.05, 3.63) is 108 Å². The summed E-state index contributed by atoms with van der Waals surface area (Å²) in [5, 5.41) is 0. The minimum Gasteiger partial charge on any atom is -0.376 e. The Labute approximate surface area is 162 Å². The molecule has 0 aliphatic carbocycles. The van der Waals surface area contributed by atoms with Gasteiger partial charge < -0.3 is 9.47 Å². The van der Waals surface area contributed by atoms with Gasteiger partial charge in [-0.2, -0.15) is 0 Å². The molecule has 3 aromatic rings. The maximum atomic E-state index is 6.77. The van der Waals surface area contributed by atoms with E-state index in [1.807, 2.05) is 25.1 Å². The van der Waals surface area contributed by atoms with Crippen LogP contribution in [0.25, 0.3) is 0 Å². The van der Waals surface area contributed by atoms with E-state index in [0.717, 1.165) is 23.1 Å². The van der Waals surface area contributed by atoms with E-state index in [0.29, 0.717) is 13.2 Å². The topological polar surface area (TPSA) is 18.5 Å². The maximum Gasteiger partial charge on any atom is 0.143 e. The molecule has 0 spiro atoms. The fourth-order valence-corrected chi connectivity index (χ4v) is 3.51. The lowest BCUT2D eigenvalue weighted by Crippen LogP contribution is -2.36. The van der Waals surface area contributed by atoms with Gasteiger partial charge >= 0.3 is 0 Å². The van der Waals surface area contributed by atoms with Gasteiger partial charge in [0.15, 0.2) is 0 Å². The molecule has 2 heteroatoms. The Morgan fingerprint density at radius 2 is 1.07 bits per heavy atom. The van der Waals surface area contributed by atoms with Crippen LogP contribution in [-0.4, -0.2) is 19.3 Å². The van der Waals surface area contributed by atoms with Crippen LogP contribution in [0.5, 0.6) is 0 Å². The Morgan fingerprint density at radius 1 is 0.667 bits per heavy atom. The van der Waals surface area contributed by atoms with Gasteiger partial charge in [-0.3, -0.25) is 0 Å². The van der Waals surface area contributed by atoms with Crippen molar-refractivity contribution in [1.82, 2.24) is 0 Å². The third kappa shape index (κ3) is 4.29. The van der Waals surface area contributed by atoms with Crippen molar-refractivity contribution in [2.24, 2.45) is 0 Å². The van der Waals surface area contributed by atoms with Crippen LogP contribution in [-0.2, 0) is 15.1 Å².